The Labute approximate surface area is 171 Å². The number of aromatic nitrogens is 2. The SMILES string of the molecule is CNC(=O)Nc1cc(CC2CCN(c3ccc(C(=O)NC)nc3C)CC2)ccn1. The molecule has 0 aromatic carbocycles. The molecule has 8 heteroatoms. The molecule has 1 saturated heterocycles. The summed E-state index contributed by atoms with van der Waals surface area (Å²) in [5.41, 5.74) is 3.60. The largest absolute Gasteiger partial charge is 0.370 e. The first kappa shape index (κ1) is 20.6. The van der Waals surface area contributed by atoms with Crippen molar-refractivity contribution in [1.29, 1.82) is 0 Å². The predicted octanol–water partition coefficient (Wildman–Crippen LogP) is 2.36. The zero-order chi connectivity index (χ0) is 20.8. The summed E-state index contributed by atoms with van der Waals surface area (Å²) in [6.07, 6.45) is 4.86. The minimum Gasteiger partial charge on any atom is -0.370 e. The van der Waals surface area contributed by atoms with E-state index in [2.05, 4.69) is 30.8 Å². The third-order valence-corrected chi connectivity index (χ3v) is 5.29. The highest BCUT2D eigenvalue weighted by Gasteiger charge is 2.22. The van der Waals surface area contributed by atoms with Crippen molar-refractivity contribution >= 4 is 23.4 Å². The van der Waals surface area contributed by atoms with Crippen molar-refractivity contribution in [1.82, 2.24) is 20.6 Å². The number of hydrogen-bond acceptors (Lipinski definition) is 5. The highest BCUT2D eigenvalue weighted by atomic mass is 16.2. The fourth-order valence-corrected chi connectivity index (χ4v) is 3.70. The van der Waals surface area contributed by atoms with Gasteiger partial charge in [0, 0.05) is 33.4 Å². The van der Waals surface area contributed by atoms with Crippen LogP contribution in [0.2, 0.25) is 0 Å². The second-order valence-corrected chi connectivity index (χ2v) is 7.27. The number of nitrogens with one attached hydrogen (secondary N) is 3. The summed E-state index contributed by atoms with van der Waals surface area (Å²) in [4.78, 5) is 34.2. The maximum Gasteiger partial charge on any atom is 0.320 e. The second kappa shape index (κ2) is 9.36. The van der Waals surface area contributed by atoms with E-state index in [-0.39, 0.29) is 11.9 Å². The van der Waals surface area contributed by atoms with Crippen LogP contribution in [-0.2, 0) is 6.42 Å². The average Bonchev–Trinajstić information content (AvgIpc) is 2.74. The molecule has 3 N–H and O–H groups in total. The molecule has 3 amide bonds. The molecule has 0 spiro atoms. The summed E-state index contributed by atoms with van der Waals surface area (Å²) in [7, 11) is 3.19. The van der Waals surface area contributed by atoms with Crippen LogP contribution < -0.4 is 20.9 Å². The summed E-state index contributed by atoms with van der Waals surface area (Å²) < 4.78 is 0. The summed E-state index contributed by atoms with van der Waals surface area (Å²) in [5.74, 6) is 0.984. The Morgan fingerprint density at radius 2 is 1.90 bits per heavy atom. The summed E-state index contributed by atoms with van der Waals surface area (Å²) in [6, 6.07) is 7.45. The third kappa shape index (κ3) is 5.22. The van der Waals surface area contributed by atoms with Gasteiger partial charge in [0.2, 0.25) is 0 Å². The highest BCUT2D eigenvalue weighted by Crippen LogP contribution is 2.27. The van der Waals surface area contributed by atoms with E-state index in [0.29, 0.717) is 17.4 Å². The molecular formula is C21H28N6O2. The monoisotopic (exact) mass is 396 g/mol. The van der Waals surface area contributed by atoms with Gasteiger partial charge in [0.15, 0.2) is 0 Å². The molecule has 1 aliphatic heterocycles. The van der Waals surface area contributed by atoms with Gasteiger partial charge in [0.1, 0.15) is 11.5 Å². The molecule has 0 saturated carbocycles. The maximum absolute atomic E-state index is 11.8. The Kier molecular flexibility index (Phi) is 6.64. The zero-order valence-corrected chi connectivity index (χ0v) is 17.2. The Balaban J connectivity index is 1.58. The van der Waals surface area contributed by atoms with E-state index in [1.54, 1.807) is 26.4 Å². The van der Waals surface area contributed by atoms with Crippen molar-refractivity contribution in [3.8, 4) is 0 Å². The van der Waals surface area contributed by atoms with E-state index in [0.717, 1.165) is 43.7 Å². The maximum atomic E-state index is 11.8. The molecular weight excluding hydrogens is 368 g/mol. The average molecular weight is 396 g/mol. The second-order valence-electron chi connectivity index (χ2n) is 7.27. The van der Waals surface area contributed by atoms with Crippen molar-refractivity contribution in [2.45, 2.75) is 26.2 Å². The van der Waals surface area contributed by atoms with Gasteiger partial charge in [-0.3, -0.25) is 10.1 Å². The van der Waals surface area contributed by atoms with Crippen LogP contribution in [0.25, 0.3) is 0 Å². The fourth-order valence-electron chi connectivity index (χ4n) is 3.70. The third-order valence-electron chi connectivity index (χ3n) is 5.29. The van der Waals surface area contributed by atoms with E-state index in [9.17, 15) is 9.59 Å². The summed E-state index contributed by atoms with van der Waals surface area (Å²) in [6.45, 7) is 3.87. The van der Waals surface area contributed by atoms with Crippen LogP contribution in [0.4, 0.5) is 16.3 Å². The van der Waals surface area contributed by atoms with Gasteiger partial charge in [-0.25, -0.2) is 14.8 Å². The Morgan fingerprint density at radius 1 is 1.14 bits per heavy atom. The summed E-state index contributed by atoms with van der Waals surface area (Å²) >= 11 is 0. The van der Waals surface area contributed by atoms with Crippen LogP contribution in [0.5, 0.6) is 0 Å². The number of carbonyl (C=O) groups is 2. The number of rotatable bonds is 5. The molecule has 2 aromatic heterocycles. The number of anilines is 2. The van der Waals surface area contributed by atoms with E-state index in [1.807, 2.05) is 25.1 Å². The molecule has 0 bridgehead atoms. The summed E-state index contributed by atoms with van der Waals surface area (Å²) in [5, 5.41) is 7.85. The lowest BCUT2D eigenvalue weighted by Gasteiger charge is -2.34. The molecule has 3 heterocycles. The quantitative estimate of drug-likeness (QED) is 0.721. The smallest absolute Gasteiger partial charge is 0.320 e. The molecule has 0 atom stereocenters. The van der Waals surface area contributed by atoms with Gasteiger partial charge >= 0.3 is 6.03 Å². The lowest BCUT2D eigenvalue weighted by molar-refractivity contribution is 0.0958. The number of amides is 3. The van der Waals surface area contributed by atoms with Crippen LogP contribution >= 0.6 is 0 Å². The van der Waals surface area contributed by atoms with Gasteiger partial charge in [0.25, 0.3) is 5.91 Å². The number of pyridine rings is 2. The molecule has 1 fully saturated rings. The number of nitrogens with zero attached hydrogens (tertiary/aromatic N) is 3. The van der Waals surface area contributed by atoms with Crippen molar-refractivity contribution < 1.29 is 9.59 Å². The fraction of sp³-hybridized carbons (Fsp3) is 0.429. The van der Waals surface area contributed by atoms with Gasteiger partial charge in [-0.1, -0.05) is 0 Å². The molecule has 0 radical (unpaired) electrons. The number of aryl methyl sites for hydroxylation is 1. The molecule has 0 aliphatic carbocycles. The highest BCUT2D eigenvalue weighted by molar-refractivity contribution is 5.92. The van der Waals surface area contributed by atoms with Gasteiger partial charge in [0.05, 0.1) is 11.4 Å². The van der Waals surface area contributed by atoms with Gasteiger partial charge < -0.3 is 15.5 Å². The normalized spacial score (nSPS) is 14.4. The standard InChI is InChI=1S/C21H28N6O2/c1-14-18(5-4-17(25-14)20(28)22-2)27-10-7-15(8-11-27)12-16-6-9-24-19(13-16)26-21(29)23-3/h4-6,9,13,15H,7-8,10-12H2,1-3H3,(H,22,28)(H2,23,24,26,29). The molecule has 8 nitrogen and oxygen atoms in total. The molecule has 154 valence electrons. The first-order chi connectivity index (χ1) is 14.0. The number of carbonyl (C=O) groups excluding carboxylic acids is 2. The van der Waals surface area contributed by atoms with Crippen LogP contribution in [0.3, 0.4) is 0 Å². The van der Waals surface area contributed by atoms with E-state index >= 15 is 0 Å². The molecule has 2 aromatic rings. The number of urea groups is 1. The van der Waals surface area contributed by atoms with Crippen molar-refractivity contribution in [2.24, 2.45) is 5.92 Å². The van der Waals surface area contributed by atoms with Crippen LogP contribution in [0, 0.1) is 12.8 Å². The number of hydrogen-bond donors (Lipinski definition) is 3. The lowest BCUT2D eigenvalue weighted by Crippen LogP contribution is -2.35. The minimum absolute atomic E-state index is 0.166. The van der Waals surface area contributed by atoms with Crippen molar-refractivity contribution in [3.63, 3.8) is 0 Å². The Bertz CT molecular complexity index is 877. The molecule has 29 heavy (non-hydrogen) atoms. The topological polar surface area (TPSA) is 99.2 Å². The Morgan fingerprint density at radius 3 is 2.55 bits per heavy atom. The first-order valence-electron chi connectivity index (χ1n) is 9.88. The van der Waals surface area contributed by atoms with Crippen LogP contribution in [-0.4, -0.2) is 49.1 Å². The van der Waals surface area contributed by atoms with Crippen molar-refractivity contribution in [3.05, 3.63) is 47.4 Å². The molecule has 1 aliphatic rings. The van der Waals surface area contributed by atoms with E-state index < -0.39 is 0 Å². The molecule has 3 rings (SSSR count). The van der Waals surface area contributed by atoms with Gasteiger partial charge in [-0.05, 0) is 61.9 Å². The minimum atomic E-state index is -0.269. The predicted molar refractivity (Wildman–Crippen MR) is 113 cm³/mol. The van der Waals surface area contributed by atoms with E-state index in [1.165, 1.54) is 5.56 Å². The van der Waals surface area contributed by atoms with E-state index in [4.69, 9.17) is 0 Å². The van der Waals surface area contributed by atoms with Crippen LogP contribution in [0.15, 0.2) is 30.5 Å². The van der Waals surface area contributed by atoms with Gasteiger partial charge in [-0.15, -0.1) is 0 Å². The Hall–Kier alpha value is -3.16. The van der Waals surface area contributed by atoms with Gasteiger partial charge in [-0.2, -0.15) is 0 Å². The number of piperidine rings is 1. The van der Waals surface area contributed by atoms with Crippen LogP contribution in [0.1, 0.15) is 34.6 Å². The lowest BCUT2D eigenvalue weighted by atomic mass is 9.90. The molecule has 0 unspecified atom stereocenters. The first-order valence-corrected chi connectivity index (χ1v) is 9.88. The van der Waals surface area contributed by atoms with Crippen molar-refractivity contribution in [2.75, 3.05) is 37.4 Å². The zero-order valence-electron chi connectivity index (χ0n) is 17.2.